The van der Waals surface area contributed by atoms with Crippen molar-refractivity contribution >= 4 is 35.6 Å². The molecule has 0 amide bonds. The number of rotatable bonds is 6. The number of aliphatic imine (C=N–C) groups is 1. The van der Waals surface area contributed by atoms with E-state index in [4.69, 9.17) is 0 Å². The summed E-state index contributed by atoms with van der Waals surface area (Å²) in [7, 11) is 1.71. The first-order valence-electron chi connectivity index (χ1n) is 9.56. The molecule has 2 aromatic carbocycles. The monoisotopic (exact) mass is 515 g/mol. The fraction of sp³-hybridized carbons (Fsp3) is 0.381. The molecule has 29 heavy (non-hydrogen) atoms. The molecule has 0 spiro atoms. The van der Waals surface area contributed by atoms with E-state index in [9.17, 15) is 8.78 Å². The molecular formula is C21H28F2IN5. The van der Waals surface area contributed by atoms with Gasteiger partial charge in [-0.3, -0.25) is 9.89 Å². The Morgan fingerprint density at radius 2 is 1.66 bits per heavy atom. The molecule has 1 saturated heterocycles. The summed E-state index contributed by atoms with van der Waals surface area (Å²) in [6.45, 7) is 5.81. The van der Waals surface area contributed by atoms with Gasteiger partial charge in [0, 0.05) is 64.1 Å². The largest absolute Gasteiger partial charge is 0.369 e. The maximum absolute atomic E-state index is 13.7. The van der Waals surface area contributed by atoms with Gasteiger partial charge >= 0.3 is 0 Å². The van der Waals surface area contributed by atoms with E-state index in [2.05, 4.69) is 25.4 Å². The number of halogens is 3. The summed E-state index contributed by atoms with van der Waals surface area (Å²) >= 11 is 0. The van der Waals surface area contributed by atoms with Gasteiger partial charge in [0.2, 0.25) is 0 Å². The molecule has 0 aliphatic carbocycles. The van der Waals surface area contributed by atoms with E-state index in [0.29, 0.717) is 18.1 Å². The number of benzene rings is 2. The molecule has 2 N–H and O–H groups in total. The lowest BCUT2D eigenvalue weighted by Crippen LogP contribution is -2.49. The Bertz CT molecular complexity index is 777. The van der Waals surface area contributed by atoms with Crippen molar-refractivity contribution in [3.05, 3.63) is 65.7 Å². The number of hydrogen-bond donors (Lipinski definition) is 2. The predicted octanol–water partition coefficient (Wildman–Crippen LogP) is 3.07. The summed E-state index contributed by atoms with van der Waals surface area (Å²) in [4.78, 5) is 8.85. The fourth-order valence-corrected chi connectivity index (χ4v) is 3.26. The van der Waals surface area contributed by atoms with Crippen molar-refractivity contribution in [3.63, 3.8) is 0 Å². The highest BCUT2D eigenvalue weighted by molar-refractivity contribution is 14.0. The molecule has 8 heteroatoms. The van der Waals surface area contributed by atoms with Gasteiger partial charge in [-0.15, -0.1) is 24.0 Å². The first-order chi connectivity index (χ1) is 13.7. The molecule has 1 heterocycles. The van der Waals surface area contributed by atoms with Gasteiger partial charge in [0.25, 0.3) is 0 Å². The van der Waals surface area contributed by atoms with E-state index in [1.807, 2.05) is 18.2 Å². The average molecular weight is 515 g/mol. The van der Waals surface area contributed by atoms with Crippen LogP contribution in [0.3, 0.4) is 0 Å². The number of guanidine groups is 1. The van der Waals surface area contributed by atoms with Crippen LogP contribution in [0.25, 0.3) is 0 Å². The molecule has 0 aromatic heterocycles. The van der Waals surface area contributed by atoms with Crippen molar-refractivity contribution < 1.29 is 8.78 Å². The molecule has 2 aromatic rings. The van der Waals surface area contributed by atoms with E-state index >= 15 is 0 Å². The molecule has 1 aliphatic rings. The van der Waals surface area contributed by atoms with Crippen LogP contribution in [-0.2, 0) is 6.54 Å². The van der Waals surface area contributed by atoms with Crippen LogP contribution in [-0.4, -0.2) is 57.2 Å². The van der Waals surface area contributed by atoms with E-state index in [1.165, 1.54) is 18.2 Å². The second kappa shape index (κ2) is 11.9. The SMILES string of the molecule is CN=C(NCCN1CCN(c2ccc(F)cc2)CC1)NCc1ccccc1F.I. The first kappa shape index (κ1) is 23.3. The van der Waals surface area contributed by atoms with Crippen molar-refractivity contribution in [2.75, 3.05) is 51.2 Å². The zero-order valence-corrected chi connectivity index (χ0v) is 18.9. The van der Waals surface area contributed by atoms with Crippen molar-refractivity contribution in [1.82, 2.24) is 15.5 Å². The third kappa shape index (κ3) is 7.11. The molecular weight excluding hydrogens is 487 g/mol. The number of piperazine rings is 1. The Hall–Kier alpha value is -1.94. The van der Waals surface area contributed by atoms with E-state index in [0.717, 1.165) is 45.0 Å². The summed E-state index contributed by atoms with van der Waals surface area (Å²) in [5.41, 5.74) is 1.68. The van der Waals surface area contributed by atoms with Crippen LogP contribution in [0, 0.1) is 11.6 Å². The lowest BCUT2D eigenvalue weighted by molar-refractivity contribution is 0.261. The maximum Gasteiger partial charge on any atom is 0.191 e. The summed E-state index contributed by atoms with van der Waals surface area (Å²) in [6, 6.07) is 13.4. The van der Waals surface area contributed by atoms with Gasteiger partial charge in [0.15, 0.2) is 5.96 Å². The Kier molecular flexibility index (Phi) is 9.59. The fourth-order valence-electron chi connectivity index (χ4n) is 3.26. The first-order valence-corrected chi connectivity index (χ1v) is 9.56. The van der Waals surface area contributed by atoms with Gasteiger partial charge in [-0.05, 0) is 30.3 Å². The zero-order chi connectivity index (χ0) is 19.8. The van der Waals surface area contributed by atoms with Gasteiger partial charge in [-0.2, -0.15) is 0 Å². The van der Waals surface area contributed by atoms with Crippen LogP contribution in [0.1, 0.15) is 5.56 Å². The van der Waals surface area contributed by atoms with E-state index in [1.54, 1.807) is 19.2 Å². The normalized spacial score (nSPS) is 15.0. The van der Waals surface area contributed by atoms with Gasteiger partial charge in [-0.25, -0.2) is 8.78 Å². The highest BCUT2D eigenvalue weighted by Crippen LogP contribution is 2.16. The molecule has 0 radical (unpaired) electrons. The Morgan fingerprint density at radius 1 is 0.966 bits per heavy atom. The Morgan fingerprint density at radius 3 is 2.31 bits per heavy atom. The standard InChI is InChI=1S/C21H27F2N5.HI/c1-24-21(26-16-17-4-2-3-5-20(17)23)25-10-11-27-12-14-28(15-13-27)19-8-6-18(22)7-9-19;/h2-9H,10-16H2,1H3,(H2,24,25,26);1H. The second-order valence-electron chi connectivity index (χ2n) is 6.75. The summed E-state index contributed by atoms with van der Waals surface area (Å²) in [5.74, 6) is 0.239. The third-order valence-electron chi connectivity index (χ3n) is 4.91. The smallest absolute Gasteiger partial charge is 0.191 e. The Balaban J connectivity index is 0.00000300. The summed E-state index contributed by atoms with van der Waals surface area (Å²) in [5, 5.41) is 6.41. The van der Waals surface area contributed by atoms with Crippen molar-refractivity contribution in [3.8, 4) is 0 Å². The highest BCUT2D eigenvalue weighted by atomic mass is 127. The predicted molar refractivity (Wildman–Crippen MR) is 125 cm³/mol. The number of nitrogens with one attached hydrogen (secondary N) is 2. The minimum Gasteiger partial charge on any atom is -0.369 e. The van der Waals surface area contributed by atoms with Crippen LogP contribution in [0.15, 0.2) is 53.5 Å². The quantitative estimate of drug-likeness (QED) is 0.353. The molecule has 0 unspecified atom stereocenters. The summed E-state index contributed by atoms with van der Waals surface area (Å²) < 4.78 is 26.7. The van der Waals surface area contributed by atoms with E-state index < -0.39 is 0 Å². The third-order valence-corrected chi connectivity index (χ3v) is 4.91. The van der Waals surface area contributed by atoms with Gasteiger partial charge < -0.3 is 15.5 Å². The molecule has 158 valence electrons. The van der Waals surface area contributed by atoms with Crippen LogP contribution in [0.2, 0.25) is 0 Å². The molecule has 1 aliphatic heterocycles. The molecule has 1 fully saturated rings. The highest BCUT2D eigenvalue weighted by Gasteiger charge is 2.17. The van der Waals surface area contributed by atoms with Crippen LogP contribution in [0.5, 0.6) is 0 Å². The van der Waals surface area contributed by atoms with Gasteiger partial charge in [0.1, 0.15) is 11.6 Å². The van der Waals surface area contributed by atoms with Gasteiger partial charge in [-0.1, -0.05) is 18.2 Å². The van der Waals surface area contributed by atoms with Crippen molar-refractivity contribution in [2.45, 2.75) is 6.54 Å². The average Bonchev–Trinajstić information content (AvgIpc) is 2.73. The van der Waals surface area contributed by atoms with Crippen molar-refractivity contribution in [2.24, 2.45) is 4.99 Å². The lowest BCUT2D eigenvalue weighted by Gasteiger charge is -2.36. The van der Waals surface area contributed by atoms with Crippen LogP contribution in [0.4, 0.5) is 14.5 Å². The molecule has 0 saturated carbocycles. The number of hydrogen-bond acceptors (Lipinski definition) is 3. The van der Waals surface area contributed by atoms with Crippen molar-refractivity contribution in [1.29, 1.82) is 0 Å². The minimum atomic E-state index is -0.218. The second-order valence-corrected chi connectivity index (χ2v) is 6.75. The van der Waals surface area contributed by atoms with Crippen LogP contribution >= 0.6 is 24.0 Å². The van der Waals surface area contributed by atoms with Crippen LogP contribution < -0.4 is 15.5 Å². The molecule has 0 atom stereocenters. The molecule has 0 bridgehead atoms. The minimum absolute atomic E-state index is 0. The molecule has 3 rings (SSSR count). The van der Waals surface area contributed by atoms with E-state index in [-0.39, 0.29) is 35.6 Å². The Labute approximate surface area is 188 Å². The number of anilines is 1. The maximum atomic E-state index is 13.7. The zero-order valence-electron chi connectivity index (χ0n) is 16.6. The summed E-state index contributed by atoms with van der Waals surface area (Å²) in [6.07, 6.45) is 0. The lowest BCUT2D eigenvalue weighted by atomic mass is 10.2. The number of nitrogens with zero attached hydrogens (tertiary/aromatic N) is 3. The molecule has 5 nitrogen and oxygen atoms in total. The topological polar surface area (TPSA) is 42.9 Å². The van der Waals surface area contributed by atoms with Gasteiger partial charge in [0.05, 0.1) is 0 Å².